The van der Waals surface area contributed by atoms with E-state index in [1.165, 1.54) is 11.4 Å². The van der Waals surface area contributed by atoms with Crippen LogP contribution in [0.25, 0.3) is 0 Å². The highest BCUT2D eigenvalue weighted by Gasteiger charge is 2.32. The standard InChI is InChI=1S/C18H18ClNO4S/c1-11-9-17(12(2)8-15(11)19)25(22,23)20-7-6-13-4-5-14(10-16(13)20)18(21)24-3/h4-5,8-10H,6-7H2,1-3H3. The largest absolute Gasteiger partial charge is 0.465 e. The molecule has 25 heavy (non-hydrogen) atoms. The average Bonchev–Trinajstić information content (AvgIpc) is 3.01. The summed E-state index contributed by atoms with van der Waals surface area (Å²) in [4.78, 5) is 12.0. The minimum Gasteiger partial charge on any atom is -0.465 e. The highest BCUT2D eigenvalue weighted by Crippen LogP contribution is 2.35. The number of halogens is 1. The number of carbonyl (C=O) groups excluding carboxylic acids is 1. The Bertz CT molecular complexity index is 969. The lowest BCUT2D eigenvalue weighted by Gasteiger charge is -2.21. The maximum absolute atomic E-state index is 13.2. The van der Waals surface area contributed by atoms with Gasteiger partial charge in [0, 0.05) is 11.6 Å². The van der Waals surface area contributed by atoms with Gasteiger partial charge in [-0.25, -0.2) is 13.2 Å². The summed E-state index contributed by atoms with van der Waals surface area (Å²) in [6, 6.07) is 8.25. The van der Waals surface area contributed by atoms with E-state index in [0.717, 1.165) is 5.56 Å². The van der Waals surface area contributed by atoms with Crippen LogP contribution in [0.2, 0.25) is 5.02 Å². The van der Waals surface area contributed by atoms with Crippen molar-refractivity contribution in [2.45, 2.75) is 25.2 Å². The number of hydrogen-bond acceptors (Lipinski definition) is 4. The molecule has 2 aromatic carbocycles. The van der Waals surface area contributed by atoms with Gasteiger partial charge in [-0.1, -0.05) is 17.7 Å². The molecule has 0 bridgehead atoms. The maximum Gasteiger partial charge on any atom is 0.337 e. The fourth-order valence-corrected chi connectivity index (χ4v) is 5.00. The number of benzene rings is 2. The molecule has 132 valence electrons. The van der Waals surface area contributed by atoms with Gasteiger partial charge >= 0.3 is 5.97 Å². The SMILES string of the molecule is COC(=O)c1ccc2c(c1)N(S(=O)(=O)c1cc(C)c(Cl)cc1C)CC2. The van der Waals surface area contributed by atoms with E-state index in [2.05, 4.69) is 0 Å². The van der Waals surface area contributed by atoms with Crippen molar-refractivity contribution in [2.75, 3.05) is 18.0 Å². The zero-order valence-corrected chi connectivity index (χ0v) is 15.7. The molecule has 7 heteroatoms. The number of nitrogens with zero attached hydrogens (tertiary/aromatic N) is 1. The number of methoxy groups -OCH3 is 1. The minimum absolute atomic E-state index is 0.228. The molecule has 0 amide bonds. The van der Waals surface area contributed by atoms with Crippen LogP contribution in [0.3, 0.4) is 0 Å². The molecule has 0 saturated heterocycles. The molecule has 0 aromatic heterocycles. The number of sulfonamides is 1. The Balaban J connectivity index is 2.10. The van der Waals surface area contributed by atoms with E-state index in [4.69, 9.17) is 16.3 Å². The number of fused-ring (bicyclic) bond motifs is 1. The van der Waals surface area contributed by atoms with E-state index < -0.39 is 16.0 Å². The van der Waals surface area contributed by atoms with E-state index in [9.17, 15) is 13.2 Å². The number of hydrogen-bond donors (Lipinski definition) is 0. The molecule has 5 nitrogen and oxygen atoms in total. The molecule has 1 aliphatic rings. The van der Waals surface area contributed by atoms with Crippen LogP contribution in [-0.4, -0.2) is 28.0 Å². The Kier molecular flexibility index (Phi) is 4.51. The molecule has 0 unspecified atom stereocenters. The van der Waals surface area contributed by atoms with Gasteiger partial charge in [0.1, 0.15) is 0 Å². The molecule has 0 spiro atoms. The molecular weight excluding hydrogens is 362 g/mol. The molecular formula is C18H18ClNO4S. The van der Waals surface area contributed by atoms with Crippen LogP contribution in [0.15, 0.2) is 35.2 Å². The number of anilines is 1. The molecule has 1 aliphatic heterocycles. The van der Waals surface area contributed by atoms with E-state index in [-0.39, 0.29) is 4.90 Å². The molecule has 1 heterocycles. The predicted molar refractivity (Wildman–Crippen MR) is 96.9 cm³/mol. The normalized spacial score (nSPS) is 13.7. The highest BCUT2D eigenvalue weighted by molar-refractivity contribution is 7.93. The Labute approximate surface area is 152 Å². The second-order valence-electron chi connectivity index (χ2n) is 6.03. The first-order chi connectivity index (χ1) is 11.8. The Morgan fingerprint density at radius 2 is 1.88 bits per heavy atom. The average molecular weight is 380 g/mol. The molecule has 0 fully saturated rings. The summed E-state index contributed by atoms with van der Waals surface area (Å²) in [5, 5.41) is 0.534. The van der Waals surface area contributed by atoms with Gasteiger partial charge in [0.2, 0.25) is 0 Å². The van der Waals surface area contributed by atoms with Crippen molar-refractivity contribution in [1.82, 2.24) is 0 Å². The zero-order chi connectivity index (χ0) is 18.4. The van der Waals surface area contributed by atoms with Gasteiger partial charge < -0.3 is 4.74 Å². The number of rotatable bonds is 3. The number of ether oxygens (including phenoxy) is 1. The minimum atomic E-state index is -3.75. The van der Waals surface area contributed by atoms with Crippen LogP contribution in [0.4, 0.5) is 5.69 Å². The predicted octanol–water partition coefficient (Wildman–Crippen LogP) is 3.49. The number of aryl methyl sites for hydroxylation is 2. The first-order valence-electron chi connectivity index (χ1n) is 7.76. The zero-order valence-electron chi connectivity index (χ0n) is 14.2. The van der Waals surface area contributed by atoms with Crippen molar-refractivity contribution >= 4 is 33.3 Å². The summed E-state index contributed by atoms with van der Waals surface area (Å²) in [6.45, 7) is 3.83. The van der Waals surface area contributed by atoms with E-state index >= 15 is 0 Å². The second-order valence-corrected chi connectivity index (χ2v) is 8.27. The van der Waals surface area contributed by atoms with Gasteiger partial charge in [-0.2, -0.15) is 0 Å². The smallest absolute Gasteiger partial charge is 0.337 e. The molecule has 0 aliphatic carbocycles. The summed E-state index contributed by atoms with van der Waals surface area (Å²) in [5.74, 6) is -0.495. The summed E-state index contributed by atoms with van der Waals surface area (Å²) in [5.41, 5.74) is 3.03. The molecule has 2 aromatic rings. The van der Waals surface area contributed by atoms with Crippen LogP contribution in [-0.2, 0) is 21.2 Å². The molecule has 0 N–H and O–H groups in total. The third kappa shape index (κ3) is 3.00. The van der Waals surface area contributed by atoms with Crippen molar-refractivity contribution in [2.24, 2.45) is 0 Å². The van der Waals surface area contributed by atoms with Crippen molar-refractivity contribution in [3.63, 3.8) is 0 Å². The number of esters is 1. The van der Waals surface area contributed by atoms with Crippen molar-refractivity contribution < 1.29 is 17.9 Å². The molecule has 0 saturated carbocycles. The fourth-order valence-electron chi connectivity index (χ4n) is 3.00. The van der Waals surface area contributed by atoms with Gasteiger partial charge in [-0.3, -0.25) is 4.31 Å². The summed E-state index contributed by atoms with van der Waals surface area (Å²) < 4.78 is 32.5. The van der Waals surface area contributed by atoms with Crippen LogP contribution in [0, 0.1) is 13.8 Å². The summed E-state index contributed by atoms with van der Waals surface area (Å²) in [7, 11) is -2.45. The topological polar surface area (TPSA) is 63.7 Å². The van der Waals surface area contributed by atoms with Gasteiger partial charge in [0.25, 0.3) is 10.0 Å². The van der Waals surface area contributed by atoms with E-state index in [1.807, 2.05) is 0 Å². The fraction of sp³-hybridized carbons (Fsp3) is 0.278. The van der Waals surface area contributed by atoms with Gasteiger partial charge in [0.05, 0.1) is 23.3 Å². The summed E-state index contributed by atoms with van der Waals surface area (Å²) in [6.07, 6.45) is 0.599. The first kappa shape index (κ1) is 17.8. The van der Waals surface area contributed by atoms with Crippen molar-refractivity contribution in [3.8, 4) is 0 Å². The van der Waals surface area contributed by atoms with Crippen LogP contribution >= 0.6 is 11.6 Å². The lowest BCUT2D eigenvalue weighted by atomic mass is 10.1. The quantitative estimate of drug-likeness (QED) is 0.766. The van der Waals surface area contributed by atoms with Crippen LogP contribution in [0.1, 0.15) is 27.0 Å². The lowest BCUT2D eigenvalue weighted by molar-refractivity contribution is 0.0600. The van der Waals surface area contributed by atoms with Crippen molar-refractivity contribution in [1.29, 1.82) is 0 Å². The van der Waals surface area contributed by atoms with Crippen LogP contribution in [0.5, 0.6) is 0 Å². The highest BCUT2D eigenvalue weighted by atomic mass is 35.5. The maximum atomic E-state index is 13.2. The van der Waals surface area contributed by atoms with Gasteiger partial charge in [-0.15, -0.1) is 0 Å². The first-order valence-corrected chi connectivity index (χ1v) is 9.58. The van der Waals surface area contributed by atoms with Gasteiger partial charge in [0.15, 0.2) is 0 Å². The van der Waals surface area contributed by atoms with Gasteiger partial charge in [-0.05, 0) is 61.2 Å². The second kappa shape index (κ2) is 6.35. The number of carbonyl (C=O) groups is 1. The Morgan fingerprint density at radius 1 is 1.16 bits per heavy atom. The molecule has 0 atom stereocenters. The third-order valence-corrected chi connectivity index (χ3v) is 6.75. The van der Waals surface area contributed by atoms with Crippen LogP contribution < -0.4 is 4.31 Å². The Hall–Kier alpha value is -2.05. The monoisotopic (exact) mass is 379 g/mol. The Morgan fingerprint density at radius 3 is 2.56 bits per heavy atom. The molecule has 3 rings (SSSR count). The van der Waals surface area contributed by atoms with E-state index in [1.54, 1.807) is 44.2 Å². The van der Waals surface area contributed by atoms with Crippen molar-refractivity contribution in [3.05, 3.63) is 57.6 Å². The van der Waals surface area contributed by atoms with E-state index in [0.29, 0.717) is 40.4 Å². The summed E-state index contributed by atoms with van der Waals surface area (Å²) >= 11 is 6.09. The molecule has 0 radical (unpaired) electrons. The third-order valence-electron chi connectivity index (χ3n) is 4.38. The lowest BCUT2D eigenvalue weighted by Crippen LogP contribution is -2.30.